The maximum Gasteiger partial charge on any atom is 0.119 e. The van der Waals surface area contributed by atoms with Crippen molar-refractivity contribution in [3.63, 3.8) is 0 Å². The van der Waals surface area contributed by atoms with Crippen molar-refractivity contribution in [1.82, 2.24) is 20.0 Å². The molecule has 6 nitrogen and oxygen atoms in total. The van der Waals surface area contributed by atoms with E-state index in [0.29, 0.717) is 19.2 Å². The lowest BCUT2D eigenvalue weighted by Crippen LogP contribution is -2.40. The summed E-state index contributed by atoms with van der Waals surface area (Å²) < 4.78 is 5.89. The van der Waals surface area contributed by atoms with Crippen molar-refractivity contribution in [2.45, 2.75) is 64.3 Å². The Labute approximate surface area is 174 Å². The van der Waals surface area contributed by atoms with E-state index in [1.54, 1.807) is 0 Å². The SMILES string of the molecule is Cc1cc(CN(C)Cc2cccc(OC[C@H](O)CN(C)C3CCCCC3)c2)n[nH]1. The van der Waals surface area contributed by atoms with Crippen LogP contribution < -0.4 is 4.74 Å². The van der Waals surface area contributed by atoms with E-state index in [-0.39, 0.29) is 0 Å². The molecule has 1 atom stereocenters. The van der Waals surface area contributed by atoms with Gasteiger partial charge in [-0.2, -0.15) is 5.10 Å². The van der Waals surface area contributed by atoms with E-state index < -0.39 is 6.10 Å². The van der Waals surface area contributed by atoms with Gasteiger partial charge in [-0.05, 0) is 57.6 Å². The molecule has 0 saturated heterocycles. The zero-order valence-corrected chi connectivity index (χ0v) is 18.1. The number of ether oxygens (including phenoxy) is 1. The highest BCUT2D eigenvalue weighted by Gasteiger charge is 2.20. The Bertz CT molecular complexity index is 742. The van der Waals surface area contributed by atoms with Gasteiger partial charge in [0.05, 0.1) is 5.69 Å². The molecule has 2 N–H and O–H groups in total. The number of benzene rings is 1. The minimum Gasteiger partial charge on any atom is -0.491 e. The molecule has 6 heteroatoms. The Balaban J connectivity index is 1.43. The molecule has 0 amide bonds. The lowest BCUT2D eigenvalue weighted by molar-refractivity contribution is 0.0561. The highest BCUT2D eigenvalue weighted by molar-refractivity contribution is 5.28. The molecule has 2 aromatic rings. The molecule has 29 heavy (non-hydrogen) atoms. The van der Waals surface area contributed by atoms with Crippen LogP contribution in [0.4, 0.5) is 0 Å². The van der Waals surface area contributed by atoms with E-state index in [1.807, 2.05) is 19.1 Å². The molecule has 1 aromatic heterocycles. The largest absolute Gasteiger partial charge is 0.491 e. The average Bonchev–Trinajstić information content (AvgIpc) is 3.11. The first-order valence-electron chi connectivity index (χ1n) is 10.8. The number of rotatable bonds is 10. The Kier molecular flexibility index (Phi) is 8.09. The zero-order valence-electron chi connectivity index (χ0n) is 18.1. The van der Waals surface area contributed by atoms with Gasteiger partial charge in [-0.3, -0.25) is 10.00 Å². The summed E-state index contributed by atoms with van der Waals surface area (Å²) in [5.41, 5.74) is 3.31. The molecule has 1 aliphatic rings. The van der Waals surface area contributed by atoms with Crippen LogP contribution in [0.25, 0.3) is 0 Å². The lowest BCUT2D eigenvalue weighted by atomic mass is 9.94. The summed E-state index contributed by atoms with van der Waals surface area (Å²) in [5, 5.41) is 17.7. The fraction of sp³-hybridized carbons (Fsp3) is 0.609. The van der Waals surface area contributed by atoms with Gasteiger partial charge < -0.3 is 14.7 Å². The first kappa shape index (κ1) is 21.8. The highest BCUT2D eigenvalue weighted by Crippen LogP contribution is 2.22. The van der Waals surface area contributed by atoms with Crippen LogP contribution in [0.2, 0.25) is 0 Å². The van der Waals surface area contributed by atoms with Gasteiger partial charge in [0.1, 0.15) is 18.5 Å². The molecule has 160 valence electrons. The van der Waals surface area contributed by atoms with Crippen LogP contribution >= 0.6 is 0 Å². The Morgan fingerprint density at radius 1 is 1.17 bits per heavy atom. The van der Waals surface area contributed by atoms with Crippen molar-refractivity contribution in [3.8, 4) is 5.75 Å². The van der Waals surface area contributed by atoms with Gasteiger partial charge in [-0.25, -0.2) is 0 Å². The predicted octanol–water partition coefficient (Wildman–Crippen LogP) is 3.35. The standard InChI is InChI=1S/C23H36N4O2/c1-18-12-20(25-24-18)15-26(2)14-19-8-7-11-23(13-19)29-17-22(28)16-27(3)21-9-5-4-6-10-21/h7-8,11-13,21-22,28H,4-6,9-10,14-17H2,1-3H3,(H,24,25)/t22-/m1/s1. The number of aliphatic hydroxyl groups is 1. The second-order valence-electron chi connectivity index (χ2n) is 8.56. The van der Waals surface area contributed by atoms with Crippen LogP contribution in [0.5, 0.6) is 5.75 Å². The van der Waals surface area contributed by atoms with Gasteiger partial charge in [0, 0.05) is 31.4 Å². The van der Waals surface area contributed by atoms with Crippen molar-refractivity contribution in [2.75, 3.05) is 27.2 Å². The number of hydrogen-bond acceptors (Lipinski definition) is 5. The number of H-pyrrole nitrogens is 1. The van der Waals surface area contributed by atoms with Crippen LogP contribution in [0.15, 0.2) is 30.3 Å². The average molecular weight is 401 g/mol. The third kappa shape index (κ3) is 7.14. The summed E-state index contributed by atoms with van der Waals surface area (Å²) in [6, 6.07) is 10.8. The van der Waals surface area contributed by atoms with Crippen molar-refractivity contribution in [2.24, 2.45) is 0 Å². The predicted molar refractivity (Wildman–Crippen MR) is 116 cm³/mol. The molecular weight excluding hydrogens is 364 g/mol. The van der Waals surface area contributed by atoms with Crippen molar-refractivity contribution in [1.29, 1.82) is 0 Å². The Hall–Kier alpha value is -1.89. The normalized spacial score (nSPS) is 16.5. The number of aliphatic hydroxyl groups excluding tert-OH is 1. The molecule has 1 heterocycles. The van der Waals surface area contributed by atoms with E-state index in [2.05, 4.69) is 52.3 Å². The molecule has 0 unspecified atom stereocenters. The number of aromatic nitrogens is 2. The van der Waals surface area contributed by atoms with E-state index in [9.17, 15) is 5.11 Å². The number of likely N-dealkylation sites (N-methyl/N-ethyl adjacent to an activating group) is 1. The Morgan fingerprint density at radius 2 is 1.97 bits per heavy atom. The van der Waals surface area contributed by atoms with Gasteiger partial charge in [-0.15, -0.1) is 0 Å². The van der Waals surface area contributed by atoms with E-state index in [0.717, 1.165) is 30.2 Å². The number of nitrogens with zero attached hydrogens (tertiary/aromatic N) is 3. The number of aromatic amines is 1. The second kappa shape index (κ2) is 10.8. The summed E-state index contributed by atoms with van der Waals surface area (Å²) in [7, 11) is 4.21. The molecule has 1 fully saturated rings. The molecule has 0 aliphatic heterocycles. The summed E-state index contributed by atoms with van der Waals surface area (Å²) >= 11 is 0. The third-order valence-corrected chi connectivity index (χ3v) is 5.68. The third-order valence-electron chi connectivity index (χ3n) is 5.68. The monoisotopic (exact) mass is 400 g/mol. The second-order valence-corrected chi connectivity index (χ2v) is 8.56. The number of hydrogen-bond donors (Lipinski definition) is 2. The van der Waals surface area contributed by atoms with Crippen LogP contribution in [0.3, 0.4) is 0 Å². The molecule has 0 radical (unpaired) electrons. The minimum absolute atomic E-state index is 0.322. The summed E-state index contributed by atoms with van der Waals surface area (Å²) in [6.45, 7) is 4.61. The molecule has 0 bridgehead atoms. The van der Waals surface area contributed by atoms with Gasteiger partial charge in [0.25, 0.3) is 0 Å². The number of nitrogens with one attached hydrogen (secondary N) is 1. The van der Waals surface area contributed by atoms with Gasteiger partial charge in [0.2, 0.25) is 0 Å². The van der Waals surface area contributed by atoms with E-state index >= 15 is 0 Å². The summed E-state index contributed by atoms with van der Waals surface area (Å²) in [6.07, 6.45) is 5.99. The zero-order chi connectivity index (χ0) is 20.6. The molecule has 0 spiro atoms. The quantitative estimate of drug-likeness (QED) is 0.640. The van der Waals surface area contributed by atoms with Crippen LogP contribution in [-0.2, 0) is 13.1 Å². The van der Waals surface area contributed by atoms with Gasteiger partial charge in [0.15, 0.2) is 0 Å². The maximum absolute atomic E-state index is 10.4. The fourth-order valence-electron chi connectivity index (χ4n) is 4.18. The van der Waals surface area contributed by atoms with E-state index in [1.165, 1.54) is 37.7 Å². The Morgan fingerprint density at radius 3 is 2.69 bits per heavy atom. The molecule has 1 aliphatic carbocycles. The van der Waals surface area contributed by atoms with Crippen molar-refractivity contribution >= 4 is 0 Å². The molecule has 3 rings (SSSR count). The fourth-order valence-corrected chi connectivity index (χ4v) is 4.18. The van der Waals surface area contributed by atoms with Gasteiger partial charge in [-0.1, -0.05) is 31.4 Å². The minimum atomic E-state index is -0.476. The lowest BCUT2D eigenvalue weighted by Gasteiger charge is -2.32. The number of aryl methyl sites for hydroxylation is 1. The van der Waals surface area contributed by atoms with Gasteiger partial charge >= 0.3 is 0 Å². The van der Waals surface area contributed by atoms with Crippen LogP contribution in [0, 0.1) is 6.92 Å². The van der Waals surface area contributed by atoms with Crippen LogP contribution in [0.1, 0.15) is 49.1 Å². The first-order chi connectivity index (χ1) is 14.0. The first-order valence-corrected chi connectivity index (χ1v) is 10.8. The van der Waals surface area contributed by atoms with Crippen molar-refractivity contribution < 1.29 is 9.84 Å². The van der Waals surface area contributed by atoms with E-state index in [4.69, 9.17) is 4.74 Å². The van der Waals surface area contributed by atoms with Crippen LogP contribution in [-0.4, -0.2) is 64.5 Å². The maximum atomic E-state index is 10.4. The molecule has 1 saturated carbocycles. The molecule has 1 aromatic carbocycles. The summed E-state index contributed by atoms with van der Waals surface area (Å²) in [4.78, 5) is 4.53. The smallest absolute Gasteiger partial charge is 0.119 e. The van der Waals surface area contributed by atoms with Crippen molar-refractivity contribution in [3.05, 3.63) is 47.3 Å². The topological polar surface area (TPSA) is 64.6 Å². The molecular formula is C23H36N4O2. The highest BCUT2D eigenvalue weighted by atomic mass is 16.5. The summed E-state index contributed by atoms with van der Waals surface area (Å²) in [5.74, 6) is 0.811.